The number of aliphatic hydroxyl groups is 1. The Morgan fingerprint density at radius 1 is 1.44 bits per heavy atom. The van der Waals surface area contributed by atoms with E-state index >= 15 is 0 Å². The van der Waals surface area contributed by atoms with Crippen LogP contribution in [0.15, 0.2) is 18.2 Å². The predicted molar refractivity (Wildman–Crippen MR) is 69.8 cm³/mol. The van der Waals surface area contributed by atoms with Gasteiger partial charge in [-0.05, 0) is 18.2 Å². The first-order chi connectivity index (χ1) is 7.54. The predicted octanol–water partition coefficient (Wildman–Crippen LogP) is 3.29. The van der Waals surface area contributed by atoms with Crippen LogP contribution in [0.25, 0.3) is 0 Å². The molecule has 0 aromatic heterocycles. The fourth-order valence-corrected chi connectivity index (χ4v) is 2.03. The van der Waals surface area contributed by atoms with E-state index in [0.29, 0.717) is 21.4 Å². The van der Waals surface area contributed by atoms with Gasteiger partial charge < -0.3 is 5.11 Å². The standard InChI is InChI=1S/C11H12Cl2O2S/c1-7(5-14)16-6-11(15)8-2-3-9(12)10(13)4-8/h2-4,7,14H,5-6H2,1H3. The topological polar surface area (TPSA) is 37.3 Å². The summed E-state index contributed by atoms with van der Waals surface area (Å²) >= 11 is 13.0. The Morgan fingerprint density at radius 3 is 2.69 bits per heavy atom. The van der Waals surface area contributed by atoms with E-state index in [4.69, 9.17) is 28.3 Å². The van der Waals surface area contributed by atoms with E-state index in [1.54, 1.807) is 18.2 Å². The monoisotopic (exact) mass is 278 g/mol. The van der Waals surface area contributed by atoms with Crippen LogP contribution in [0, 0.1) is 0 Å². The lowest BCUT2D eigenvalue weighted by atomic mass is 10.1. The van der Waals surface area contributed by atoms with Crippen LogP contribution in [-0.4, -0.2) is 28.5 Å². The Kier molecular flexibility index (Phi) is 5.62. The maximum Gasteiger partial charge on any atom is 0.172 e. The van der Waals surface area contributed by atoms with Crippen molar-refractivity contribution in [1.82, 2.24) is 0 Å². The molecular weight excluding hydrogens is 267 g/mol. The van der Waals surface area contributed by atoms with Crippen molar-refractivity contribution in [2.24, 2.45) is 0 Å². The van der Waals surface area contributed by atoms with Gasteiger partial charge in [-0.2, -0.15) is 0 Å². The summed E-state index contributed by atoms with van der Waals surface area (Å²) in [5.74, 6) is 0.323. The van der Waals surface area contributed by atoms with Gasteiger partial charge in [0.2, 0.25) is 0 Å². The molecule has 0 aliphatic carbocycles. The van der Waals surface area contributed by atoms with Gasteiger partial charge in [0.05, 0.1) is 22.4 Å². The maximum atomic E-state index is 11.7. The minimum Gasteiger partial charge on any atom is -0.395 e. The van der Waals surface area contributed by atoms with Crippen molar-refractivity contribution < 1.29 is 9.90 Å². The van der Waals surface area contributed by atoms with Gasteiger partial charge in [-0.3, -0.25) is 4.79 Å². The third-order valence-electron chi connectivity index (χ3n) is 2.00. The molecule has 1 aromatic rings. The molecule has 0 spiro atoms. The van der Waals surface area contributed by atoms with Crippen molar-refractivity contribution in [3.05, 3.63) is 33.8 Å². The third kappa shape index (κ3) is 3.98. The lowest BCUT2D eigenvalue weighted by Crippen LogP contribution is -2.09. The van der Waals surface area contributed by atoms with Crippen LogP contribution < -0.4 is 0 Å². The van der Waals surface area contributed by atoms with Gasteiger partial charge in [0.25, 0.3) is 0 Å². The van der Waals surface area contributed by atoms with Gasteiger partial charge in [-0.25, -0.2) is 0 Å². The summed E-state index contributed by atoms with van der Waals surface area (Å²) in [5, 5.41) is 9.71. The lowest BCUT2D eigenvalue weighted by molar-refractivity contribution is 0.102. The second kappa shape index (κ2) is 6.50. The molecule has 1 unspecified atom stereocenters. The first-order valence-electron chi connectivity index (χ1n) is 4.75. The molecule has 1 aromatic carbocycles. The fraction of sp³-hybridized carbons (Fsp3) is 0.364. The van der Waals surface area contributed by atoms with Crippen LogP contribution in [0.4, 0.5) is 0 Å². The molecule has 0 aliphatic rings. The first kappa shape index (κ1) is 13.8. The number of aliphatic hydroxyl groups excluding tert-OH is 1. The number of thioether (sulfide) groups is 1. The molecule has 16 heavy (non-hydrogen) atoms. The zero-order valence-corrected chi connectivity index (χ0v) is 11.1. The highest BCUT2D eigenvalue weighted by Gasteiger charge is 2.10. The Bertz CT molecular complexity index is 382. The number of benzene rings is 1. The molecule has 1 atom stereocenters. The number of hydrogen-bond acceptors (Lipinski definition) is 3. The largest absolute Gasteiger partial charge is 0.395 e. The minimum absolute atomic E-state index is 0.0103. The molecule has 0 saturated heterocycles. The van der Waals surface area contributed by atoms with Gasteiger partial charge in [-0.15, -0.1) is 11.8 Å². The van der Waals surface area contributed by atoms with Gasteiger partial charge in [0.1, 0.15) is 0 Å². The van der Waals surface area contributed by atoms with Crippen molar-refractivity contribution in [3.63, 3.8) is 0 Å². The molecule has 0 radical (unpaired) electrons. The number of halogens is 2. The highest BCUT2D eigenvalue weighted by molar-refractivity contribution is 8.00. The molecule has 2 nitrogen and oxygen atoms in total. The number of ketones is 1. The molecule has 0 bridgehead atoms. The van der Waals surface area contributed by atoms with Crippen LogP contribution in [-0.2, 0) is 0 Å². The number of Topliss-reactive ketones (excluding diaryl/α,β-unsaturated/α-hetero) is 1. The summed E-state index contributed by atoms with van der Waals surface area (Å²) < 4.78 is 0. The number of carbonyl (C=O) groups is 1. The second-order valence-electron chi connectivity index (χ2n) is 3.36. The molecule has 88 valence electrons. The summed E-state index contributed by atoms with van der Waals surface area (Å²) in [6.07, 6.45) is 0. The Balaban J connectivity index is 2.63. The quantitative estimate of drug-likeness (QED) is 0.840. The van der Waals surface area contributed by atoms with E-state index in [1.807, 2.05) is 6.92 Å². The fourth-order valence-electron chi connectivity index (χ4n) is 1.02. The highest BCUT2D eigenvalue weighted by atomic mass is 35.5. The van der Waals surface area contributed by atoms with Crippen molar-refractivity contribution in [1.29, 1.82) is 0 Å². The molecule has 0 heterocycles. The van der Waals surface area contributed by atoms with Gasteiger partial charge in [-0.1, -0.05) is 30.1 Å². The van der Waals surface area contributed by atoms with E-state index in [0.717, 1.165) is 0 Å². The van der Waals surface area contributed by atoms with Crippen LogP contribution in [0.3, 0.4) is 0 Å². The zero-order valence-electron chi connectivity index (χ0n) is 8.74. The molecule has 0 aliphatic heterocycles. The van der Waals surface area contributed by atoms with E-state index in [1.165, 1.54) is 11.8 Å². The Labute approximate surface area is 109 Å². The number of carbonyl (C=O) groups excluding carboxylic acids is 1. The van der Waals surface area contributed by atoms with Crippen LogP contribution in [0.2, 0.25) is 10.0 Å². The number of hydrogen-bond donors (Lipinski definition) is 1. The third-order valence-corrected chi connectivity index (χ3v) is 3.88. The van der Waals surface area contributed by atoms with Crippen molar-refractivity contribution in [2.45, 2.75) is 12.2 Å². The summed E-state index contributed by atoms with van der Waals surface area (Å²) in [4.78, 5) is 11.7. The Hall–Kier alpha value is -0.220. The zero-order chi connectivity index (χ0) is 12.1. The van der Waals surface area contributed by atoms with Gasteiger partial charge in [0.15, 0.2) is 5.78 Å². The van der Waals surface area contributed by atoms with Crippen LogP contribution >= 0.6 is 35.0 Å². The lowest BCUT2D eigenvalue weighted by Gasteiger charge is -2.07. The second-order valence-corrected chi connectivity index (χ2v) is 5.60. The van der Waals surface area contributed by atoms with E-state index < -0.39 is 0 Å². The molecule has 0 saturated carbocycles. The van der Waals surface area contributed by atoms with Crippen LogP contribution in [0.1, 0.15) is 17.3 Å². The van der Waals surface area contributed by atoms with Crippen molar-refractivity contribution >= 4 is 40.7 Å². The highest BCUT2D eigenvalue weighted by Crippen LogP contribution is 2.23. The average Bonchev–Trinajstić information content (AvgIpc) is 2.29. The Morgan fingerprint density at radius 2 is 2.12 bits per heavy atom. The van der Waals surface area contributed by atoms with Crippen molar-refractivity contribution in [2.75, 3.05) is 12.4 Å². The minimum atomic E-state index is -0.0103. The molecule has 1 N–H and O–H groups in total. The smallest absolute Gasteiger partial charge is 0.172 e. The molecule has 5 heteroatoms. The molecular formula is C11H12Cl2O2S. The molecule has 0 fully saturated rings. The van der Waals surface area contributed by atoms with Crippen molar-refractivity contribution in [3.8, 4) is 0 Å². The summed E-state index contributed by atoms with van der Waals surface area (Å²) in [7, 11) is 0. The van der Waals surface area contributed by atoms with Crippen LogP contribution in [0.5, 0.6) is 0 Å². The first-order valence-corrected chi connectivity index (χ1v) is 6.55. The summed E-state index contributed by atoms with van der Waals surface area (Å²) in [6.45, 7) is 1.94. The molecule has 1 rings (SSSR count). The van der Waals surface area contributed by atoms with E-state index in [2.05, 4.69) is 0 Å². The average molecular weight is 279 g/mol. The number of rotatable bonds is 5. The SMILES string of the molecule is CC(CO)SCC(=O)c1ccc(Cl)c(Cl)c1. The summed E-state index contributed by atoms with van der Waals surface area (Å²) in [6, 6.07) is 4.83. The van der Waals surface area contributed by atoms with Gasteiger partial charge in [0, 0.05) is 10.8 Å². The maximum absolute atomic E-state index is 11.7. The summed E-state index contributed by atoms with van der Waals surface area (Å²) in [5.41, 5.74) is 0.548. The van der Waals surface area contributed by atoms with Gasteiger partial charge >= 0.3 is 0 Å². The molecule has 0 amide bonds. The van der Waals surface area contributed by atoms with E-state index in [-0.39, 0.29) is 17.6 Å². The normalized spacial score (nSPS) is 12.5. The van der Waals surface area contributed by atoms with E-state index in [9.17, 15) is 4.79 Å².